The molecule has 0 aromatic carbocycles. The van der Waals surface area contributed by atoms with Crippen LogP contribution >= 0.6 is 0 Å². The van der Waals surface area contributed by atoms with Crippen molar-refractivity contribution in [3.05, 3.63) is 46.0 Å². The Morgan fingerprint density at radius 3 is 2.49 bits per heavy atom. The quantitative estimate of drug-likeness (QED) is 0.243. The van der Waals surface area contributed by atoms with E-state index in [0.717, 1.165) is 31.2 Å². The second kappa shape index (κ2) is 11.0. The van der Waals surface area contributed by atoms with Gasteiger partial charge >= 0.3 is 11.6 Å². The largest absolute Gasteiger partial charge is 0.462 e. The van der Waals surface area contributed by atoms with E-state index in [1.165, 1.54) is 24.8 Å². The highest BCUT2D eigenvalue weighted by atomic mass is 16.7. The average Bonchev–Trinajstić information content (AvgIpc) is 3.19. The van der Waals surface area contributed by atoms with E-state index in [1.807, 2.05) is 0 Å². The maximum absolute atomic E-state index is 12.7. The second-order valence-electron chi connectivity index (χ2n) is 13.9. The summed E-state index contributed by atoms with van der Waals surface area (Å²) in [4.78, 5) is 23.9. The van der Waals surface area contributed by atoms with Gasteiger partial charge < -0.3 is 44.2 Å². The highest BCUT2D eigenvalue weighted by Gasteiger charge is 2.70. The van der Waals surface area contributed by atoms with Gasteiger partial charge in [-0.25, -0.2) is 4.79 Å². The predicted octanol–water partition coefficient (Wildman–Crippen LogP) is 1.53. The summed E-state index contributed by atoms with van der Waals surface area (Å²) < 4.78 is 22.7. The van der Waals surface area contributed by atoms with Gasteiger partial charge in [0.2, 0.25) is 0 Å². The van der Waals surface area contributed by atoms with Crippen molar-refractivity contribution in [2.24, 2.45) is 22.7 Å². The van der Waals surface area contributed by atoms with Crippen LogP contribution < -0.4 is 5.63 Å². The Kier molecular flexibility index (Phi) is 7.93. The molecule has 1 aliphatic heterocycles. The van der Waals surface area contributed by atoms with E-state index in [-0.39, 0.29) is 29.3 Å². The molecule has 1 aromatic heterocycles. The summed E-state index contributed by atoms with van der Waals surface area (Å²) in [6.07, 6.45) is 0.779. The van der Waals surface area contributed by atoms with Crippen LogP contribution in [0.2, 0.25) is 0 Å². The molecule has 0 unspecified atom stereocenters. The number of carbonyl (C=O) groups is 1. The van der Waals surface area contributed by atoms with Gasteiger partial charge in [-0.2, -0.15) is 0 Å². The van der Waals surface area contributed by atoms with Crippen LogP contribution in [-0.2, 0) is 19.0 Å². The summed E-state index contributed by atoms with van der Waals surface area (Å²) in [5.74, 6) is -0.577. The molecule has 0 radical (unpaired) electrons. The molecule has 1 saturated heterocycles. The molecule has 3 saturated carbocycles. The molecule has 238 valence electrons. The molecule has 43 heavy (non-hydrogen) atoms. The number of hydrogen-bond acceptors (Lipinski definition) is 11. The SMILES string of the molecule is CC(=O)O[C@@H]1C[C@]2(O)[C@@H]3CCC4=C[C@@H](O[C@@H]5O[C@H](CO)[C@@H](O)[C@H](O)[C@H]5O)CC[C@@]4(C)[C@H]3CC[C@]2(C)[C@H]1c1ccc(=O)oc1. The lowest BCUT2D eigenvalue weighted by molar-refractivity contribution is -0.308. The van der Waals surface area contributed by atoms with Gasteiger partial charge in [-0.05, 0) is 67.4 Å². The number of aliphatic hydroxyl groups excluding tert-OH is 4. The molecule has 13 atom stereocenters. The van der Waals surface area contributed by atoms with Gasteiger partial charge in [0.25, 0.3) is 0 Å². The molecule has 4 fully saturated rings. The predicted molar refractivity (Wildman–Crippen MR) is 150 cm³/mol. The van der Waals surface area contributed by atoms with Crippen molar-refractivity contribution in [1.82, 2.24) is 0 Å². The number of aliphatic hydroxyl groups is 5. The Bertz CT molecular complexity index is 1290. The normalized spacial score (nSPS) is 47.6. The summed E-state index contributed by atoms with van der Waals surface area (Å²) in [7, 11) is 0. The molecule has 0 amide bonds. The topological polar surface area (TPSA) is 176 Å². The van der Waals surface area contributed by atoms with E-state index in [1.54, 1.807) is 6.07 Å². The third-order valence-corrected chi connectivity index (χ3v) is 11.8. The number of esters is 1. The molecule has 2 heterocycles. The fourth-order valence-corrected chi connectivity index (χ4v) is 9.59. The van der Waals surface area contributed by atoms with Crippen molar-refractivity contribution in [3.8, 4) is 0 Å². The minimum Gasteiger partial charge on any atom is -0.462 e. The van der Waals surface area contributed by atoms with Crippen molar-refractivity contribution in [3.63, 3.8) is 0 Å². The first-order chi connectivity index (χ1) is 20.3. The molecule has 0 bridgehead atoms. The first kappa shape index (κ1) is 30.9. The third-order valence-electron chi connectivity index (χ3n) is 11.8. The summed E-state index contributed by atoms with van der Waals surface area (Å²) in [5.41, 5.74) is -0.372. The Hall–Kier alpha value is -2.12. The van der Waals surface area contributed by atoms with Gasteiger partial charge in [-0.1, -0.05) is 25.5 Å². The smallest absolute Gasteiger partial charge is 0.335 e. The van der Waals surface area contributed by atoms with E-state index < -0.39 is 66.0 Å². The Morgan fingerprint density at radius 2 is 1.81 bits per heavy atom. The standard InChI is InChI=1S/C32H44O11/c1-16(34)41-22-13-32(39)21-6-5-18-12-19(42-29-28(38)27(37)26(36)23(14-33)43-29)8-10-30(18,2)20(21)9-11-31(32,3)25(22)17-4-7-24(35)40-15-17/h4,7,12,15,19-23,25-29,33,36-39H,5-6,8-11,13-14H2,1-3H3/t19-,20-,21+,22+,23+,25-,26+,27-,28+,29+,30+,31+,32-/m0/s1. The zero-order chi connectivity index (χ0) is 30.9. The lowest BCUT2D eigenvalue weighted by Crippen LogP contribution is -2.61. The highest BCUT2D eigenvalue weighted by Crippen LogP contribution is 2.70. The molecule has 11 nitrogen and oxygen atoms in total. The Morgan fingerprint density at radius 1 is 1.05 bits per heavy atom. The van der Waals surface area contributed by atoms with Crippen molar-refractivity contribution < 1.29 is 49.0 Å². The van der Waals surface area contributed by atoms with E-state index in [4.69, 9.17) is 18.6 Å². The van der Waals surface area contributed by atoms with Crippen LogP contribution in [0.4, 0.5) is 0 Å². The van der Waals surface area contributed by atoms with Gasteiger partial charge in [0.15, 0.2) is 6.29 Å². The number of carbonyl (C=O) groups excluding carboxylic acids is 1. The van der Waals surface area contributed by atoms with Crippen molar-refractivity contribution in [1.29, 1.82) is 0 Å². The number of allylic oxidation sites excluding steroid dienone is 1. The van der Waals surface area contributed by atoms with Gasteiger partial charge in [-0.3, -0.25) is 4.79 Å². The maximum Gasteiger partial charge on any atom is 0.335 e. The van der Waals surface area contributed by atoms with E-state index in [9.17, 15) is 35.1 Å². The summed E-state index contributed by atoms with van der Waals surface area (Å²) in [5, 5.41) is 53.0. The van der Waals surface area contributed by atoms with Gasteiger partial charge in [0.1, 0.15) is 30.5 Å². The molecule has 6 rings (SSSR count). The lowest BCUT2D eigenvalue weighted by atomic mass is 9.45. The zero-order valence-corrected chi connectivity index (χ0v) is 24.9. The van der Waals surface area contributed by atoms with Crippen LogP contribution in [-0.4, -0.2) is 86.6 Å². The van der Waals surface area contributed by atoms with E-state index >= 15 is 0 Å². The van der Waals surface area contributed by atoms with Crippen LogP contribution in [0.1, 0.15) is 77.2 Å². The summed E-state index contributed by atoms with van der Waals surface area (Å²) in [6.45, 7) is 5.20. The van der Waals surface area contributed by atoms with Gasteiger partial charge in [0, 0.05) is 30.7 Å². The molecule has 5 N–H and O–H groups in total. The summed E-state index contributed by atoms with van der Waals surface area (Å²) in [6, 6.07) is 3.09. The molecule has 4 aliphatic carbocycles. The van der Waals surface area contributed by atoms with Crippen LogP contribution in [0.5, 0.6) is 0 Å². The molecular formula is C32H44O11. The van der Waals surface area contributed by atoms with Crippen LogP contribution in [0.15, 0.2) is 39.3 Å². The maximum atomic E-state index is 12.7. The number of ether oxygens (including phenoxy) is 3. The van der Waals surface area contributed by atoms with Crippen molar-refractivity contribution >= 4 is 5.97 Å². The molecular weight excluding hydrogens is 560 g/mol. The second-order valence-corrected chi connectivity index (χ2v) is 13.9. The monoisotopic (exact) mass is 604 g/mol. The third kappa shape index (κ3) is 4.83. The zero-order valence-electron chi connectivity index (χ0n) is 24.9. The number of fused-ring (bicyclic) bond motifs is 5. The molecule has 0 spiro atoms. The number of hydrogen-bond donors (Lipinski definition) is 5. The Balaban J connectivity index is 1.25. The first-order valence-electron chi connectivity index (χ1n) is 15.5. The minimum absolute atomic E-state index is 0.0323. The van der Waals surface area contributed by atoms with Crippen molar-refractivity contribution in [2.45, 2.75) is 120 Å². The van der Waals surface area contributed by atoms with E-state index in [0.29, 0.717) is 19.3 Å². The summed E-state index contributed by atoms with van der Waals surface area (Å²) >= 11 is 0. The average molecular weight is 605 g/mol. The highest BCUT2D eigenvalue weighted by molar-refractivity contribution is 5.66. The fourth-order valence-electron chi connectivity index (χ4n) is 9.59. The van der Waals surface area contributed by atoms with Gasteiger partial charge in [-0.15, -0.1) is 0 Å². The fraction of sp³-hybridized carbons (Fsp3) is 0.750. The Labute approximate surface area is 250 Å². The minimum atomic E-state index is -1.50. The molecule has 11 heteroatoms. The van der Waals surface area contributed by atoms with E-state index in [2.05, 4.69) is 19.9 Å². The number of rotatable bonds is 5. The van der Waals surface area contributed by atoms with Crippen LogP contribution in [0.3, 0.4) is 0 Å². The van der Waals surface area contributed by atoms with Gasteiger partial charge in [0.05, 0.1) is 24.6 Å². The van der Waals surface area contributed by atoms with Crippen molar-refractivity contribution in [2.75, 3.05) is 6.61 Å². The van der Waals surface area contributed by atoms with Crippen LogP contribution in [0, 0.1) is 22.7 Å². The first-order valence-corrected chi connectivity index (χ1v) is 15.5. The molecule has 1 aromatic rings. The van der Waals surface area contributed by atoms with Crippen LogP contribution in [0.25, 0.3) is 0 Å². The lowest BCUT2D eigenvalue weighted by Gasteiger charge is -2.61. The molecule has 5 aliphatic rings.